The zero-order valence-corrected chi connectivity index (χ0v) is 9.31. The first-order valence-electron chi connectivity index (χ1n) is 4.99. The van der Waals surface area contributed by atoms with Gasteiger partial charge in [-0.3, -0.25) is 0 Å². The normalized spacial score (nSPS) is 26.2. The predicted octanol–water partition coefficient (Wildman–Crippen LogP) is 1.46. The molecule has 0 aromatic carbocycles. The summed E-state index contributed by atoms with van der Waals surface area (Å²) in [5.41, 5.74) is 0. The van der Waals surface area contributed by atoms with Gasteiger partial charge in [0.2, 0.25) is 10.0 Å². The highest BCUT2D eigenvalue weighted by Crippen LogP contribution is 2.22. The second-order valence-electron chi connectivity index (χ2n) is 3.92. The average Bonchev–Trinajstić information content (AvgIpc) is 2.04. The van der Waals surface area contributed by atoms with Crippen molar-refractivity contribution in [2.45, 2.75) is 32.6 Å². The molecule has 0 radical (unpaired) electrons. The van der Waals surface area contributed by atoms with Gasteiger partial charge in [0.1, 0.15) is 0 Å². The number of sulfonamides is 1. The quantitative estimate of drug-likeness (QED) is 0.699. The Morgan fingerprint density at radius 3 is 2.69 bits per heavy atom. The summed E-state index contributed by atoms with van der Waals surface area (Å²) in [5.74, 6) is 0.591. The fraction of sp³-hybridized carbons (Fsp3) is 1.00. The van der Waals surface area contributed by atoms with Crippen molar-refractivity contribution in [3.63, 3.8) is 0 Å². The van der Waals surface area contributed by atoms with Gasteiger partial charge in [-0.25, -0.2) is 12.7 Å². The molecule has 13 heavy (non-hydrogen) atoms. The lowest BCUT2D eigenvalue weighted by atomic mass is 9.95. The first kappa shape index (κ1) is 11.0. The molecule has 1 unspecified atom stereocenters. The summed E-state index contributed by atoms with van der Waals surface area (Å²) >= 11 is 0. The molecule has 1 fully saturated rings. The van der Waals surface area contributed by atoms with Gasteiger partial charge in [0.15, 0.2) is 0 Å². The minimum atomic E-state index is -2.94. The van der Waals surface area contributed by atoms with Crippen molar-refractivity contribution >= 4 is 10.0 Å². The Balaban J connectivity index is 2.52. The molecule has 0 aliphatic carbocycles. The van der Waals surface area contributed by atoms with Gasteiger partial charge in [-0.2, -0.15) is 0 Å². The van der Waals surface area contributed by atoms with E-state index in [0.717, 1.165) is 32.4 Å². The molecule has 1 aliphatic heterocycles. The third kappa shape index (κ3) is 3.27. The molecule has 0 saturated carbocycles. The lowest BCUT2D eigenvalue weighted by molar-refractivity contribution is 0.256. The van der Waals surface area contributed by atoms with Crippen molar-refractivity contribution in [2.24, 2.45) is 5.92 Å². The fourth-order valence-electron chi connectivity index (χ4n) is 1.97. The minimum Gasteiger partial charge on any atom is -0.213 e. The first-order chi connectivity index (χ1) is 6.04. The Hall–Kier alpha value is -0.0900. The third-order valence-corrected chi connectivity index (χ3v) is 3.92. The Kier molecular flexibility index (Phi) is 3.74. The number of hydrogen-bond donors (Lipinski definition) is 0. The molecular weight excluding hydrogens is 186 g/mol. The summed E-state index contributed by atoms with van der Waals surface area (Å²) in [6, 6.07) is 0. The van der Waals surface area contributed by atoms with Crippen LogP contribution in [0.2, 0.25) is 0 Å². The van der Waals surface area contributed by atoms with E-state index in [1.807, 2.05) is 0 Å². The van der Waals surface area contributed by atoms with Crippen molar-refractivity contribution in [3.8, 4) is 0 Å². The molecule has 1 rings (SSSR count). The Morgan fingerprint density at radius 2 is 2.15 bits per heavy atom. The highest BCUT2D eigenvalue weighted by molar-refractivity contribution is 7.88. The van der Waals surface area contributed by atoms with E-state index < -0.39 is 10.0 Å². The lowest BCUT2D eigenvalue weighted by Gasteiger charge is -2.30. The maximum Gasteiger partial charge on any atom is 0.211 e. The second kappa shape index (κ2) is 4.42. The molecule has 1 atom stereocenters. The molecule has 0 N–H and O–H groups in total. The molecule has 0 spiro atoms. The van der Waals surface area contributed by atoms with E-state index in [9.17, 15) is 8.42 Å². The standard InChI is InChI=1S/C9H19NO2S/c1-3-5-9-6-4-7-10(8-9)13(2,11)12/h9H,3-8H2,1-2H3. The van der Waals surface area contributed by atoms with E-state index in [-0.39, 0.29) is 0 Å². The van der Waals surface area contributed by atoms with Gasteiger partial charge in [0.25, 0.3) is 0 Å². The Labute approximate surface area is 81.2 Å². The maximum absolute atomic E-state index is 11.3. The molecule has 1 heterocycles. The first-order valence-corrected chi connectivity index (χ1v) is 6.84. The SMILES string of the molecule is CCCC1CCCN(S(C)(=O)=O)C1. The van der Waals surface area contributed by atoms with Crippen molar-refractivity contribution in [2.75, 3.05) is 19.3 Å². The van der Waals surface area contributed by atoms with Gasteiger partial charge in [0.05, 0.1) is 6.26 Å². The Bertz CT molecular complexity index is 246. The lowest BCUT2D eigenvalue weighted by Crippen LogP contribution is -2.39. The van der Waals surface area contributed by atoms with Gasteiger partial charge in [-0.05, 0) is 25.2 Å². The molecule has 78 valence electrons. The van der Waals surface area contributed by atoms with Crippen molar-refractivity contribution in [3.05, 3.63) is 0 Å². The highest BCUT2D eigenvalue weighted by Gasteiger charge is 2.24. The van der Waals surface area contributed by atoms with Crippen LogP contribution in [0.1, 0.15) is 32.6 Å². The molecule has 0 aromatic rings. The van der Waals surface area contributed by atoms with Crippen LogP contribution in [0.25, 0.3) is 0 Å². The van der Waals surface area contributed by atoms with E-state index in [1.165, 1.54) is 12.7 Å². The largest absolute Gasteiger partial charge is 0.213 e. The maximum atomic E-state index is 11.3. The van der Waals surface area contributed by atoms with E-state index in [2.05, 4.69) is 6.92 Å². The zero-order chi connectivity index (χ0) is 9.90. The van der Waals surface area contributed by atoms with Gasteiger partial charge in [0, 0.05) is 13.1 Å². The topological polar surface area (TPSA) is 37.4 Å². The monoisotopic (exact) mass is 205 g/mol. The molecule has 4 heteroatoms. The van der Waals surface area contributed by atoms with Crippen molar-refractivity contribution < 1.29 is 8.42 Å². The molecule has 1 saturated heterocycles. The average molecular weight is 205 g/mol. The van der Waals surface area contributed by atoms with Crippen LogP contribution in [-0.4, -0.2) is 32.1 Å². The number of rotatable bonds is 3. The third-order valence-electron chi connectivity index (χ3n) is 2.65. The smallest absolute Gasteiger partial charge is 0.211 e. The Morgan fingerprint density at radius 1 is 1.46 bits per heavy atom. The van der Waals surface area contributed by atoms with Crippen LogP contribution in [0, 0.1) is 5.92 Å². The van der Waals surface area contributed by atoms with E-state index in [1.54, 1.807) is 4.31 Å². The second-order valence-corrected chi connectivity index (χ2v) is 5.90. The van der Waals surface area contributed by atoms with Gasteiger partial charge >= 0.3 is 0 Å². The van der Waals surface area contributed by atoms with Crippen LogP contribution in [-0.2, 0) is 10.0 Å². The summed E-state index contributed by atoms with van der Waals surface area (Å²) in [4.78, 5) is 0. The molecule has 0 bridgehead atoms. The van der Waals surface area contributed by atoms with Crippen LogP contribution >= 0.6 is 0 Å². The molecule has 1 aliphatic rings. The van der Waals surface area contributed by atoms with E-state index in [4.69, 9.17) is 0 Å². The van der Waals surface area contributed by atoms with Gasteiger partial charge in [-0.1, -0.05) is 13.3 Å². The molecular formula is C9H19NO2S. The highest BCUT2D eigenvalue weighted by atomic mass is 32.2. The summed E-state index contributed by atoms with van der Waals surface area (Å²) in [7, 11) is -2.94. The van der Waals surface area contributed by atoms with Crippen molar-refractivity contribution in [1.29, 1.82) is 0 Å². The minimum absolute atomic E-state index is 0.591. The molecule has 0 aromatic heterocycles. The summed E-state index contributed by atoms with van der Waals surface area (Å²) in [6.45, 7) is 3.62. The summed E-state index contributed by atoms with van der Waals surface area (Å²) < 4.78 is 24.1. The summed E-state index contributed by atoms with van der Waals surface area (Å²) in [5, 5.41) is 0. The van der Waals surface area contributed by atoms with Crippen molar-refractivity contribution in [1.82, 2.24) is 4.31 Å². The summed E-state index contributed by atoms with van der Waals surface area (Å²) in [6.07, 6.45) is 5.84. The van der Waals surface area contributed by atoms with Crippen LogP contribution < -0.4 is 0 Å². The fourth-order valence-corrected chi connectivity index (χ4v) is 2.91. The van der Waals surface area contributed by atoms with Crippen LogP contribution in [0.15, 0.2) is 0 Å². The van der Waals surface area contributed by atoms with Crippen LogP contribution in [0.3, 0.4) is 0 Å². The number of hydrogen-bond acceptors (Lipinski definition) is 2. The van der Waals surface area contributed by atoms with Crippen LogP contribution in [0.4, 0.5) is 0 Å². The van der Waals surface area contributed by atoms with E-state index >= 15 is 0 Å². The van der Waals surface area contributed by atoms with E-state index in [0.29, 0.717) is 5.92 Å². The van der Waals surface area contributed by atoms with Gasteiger partial charge in [-0.15, -0.1) is 0 Å². The van der Waals surface area contributed by atoms with Crippen LogP contribution in [0.5, 0.6) is 0 Å². The molecule has 3 nitrogen and oxygen atoms in total. The number of piperidine rings is 1. The van der Waals surface area contributed by atoms with Gasteiger partial charge < -0.3 is 0 Å². The zero-order valence-electron chi connectivity index (χ0n) is 8.49. The number of nitrogens with zero attached hydrogens (tertiary/aromatic N) is 1. The predicted molar refractivity (Wildman–Crippen MR) is 54.0 cm³/mol. The molecule has 0 amide bonds.